The summed E-state index contributed by atoms with van der Waals surface area (Å²) in [5.41, 5.74) is 1.60. The molecule has 1 heterocycles. The number of benzene rings is 1. The fourth-order valence-corrected chi connectivity index (χ4v) is 2.32. The first-order valence-electron chi connectivity index (χ1n) is 5.62. The maximum Gasteiger partial charge on any atom is 0.320 e. The summed E-state index contributed by atoms with van der Waals surface area (Å²) in [6.07, 6.45) is 0. The highest BCUT2D eigenvalue weighted by atomic mass is 16.6. The van der Waals surface area contributed by atoms with Gasteiger partial charge in [0.1, 0.15) is 0 Å². The Morgan fingerprint density at radius 3 is 2.58 bits per heavy atom. The van der Waals surface area contributed by atoms with E-state index in [1.54, 1.807) is 13.0 Å². The lowest BCUT2D eigenvalue weighted by Crippen LogP contribution is -1.98. The molecule has 3 N–H and O–H groups in total. The minimum Gasteiger partial charge on any atom is -0.490 e. The van der Waals surface area contributed by atoms with Gasteiger partial charge >= 0.3 is 5.69 Å². The van der Waals surface area contributed by atoms with Crippen molar-refractivity contribution in [2.24, 2.45) is 0 Å². The highest BCUT2D eigenvalue weighted by molar-refractivity contribution is 5.96. The Balaban J connectivity index is 2.97. The number of H-pyrrole nitrogens is 1. The fraction of sp³-hybridized carbons (Fsp3) is 0.333. The molecule has 7 nitrogen and oxygen atoms in total. The maximum absolute atomic E-state index is 11.3. The first-order valence-corrected chi connectivity index (χ1v) is 5.62. The second-order valence-electron chi connectivity index (χ2n) is 4.15. The van der Waals surface area contributed by atoms with E-state index >= 15 is 0 Å². The molecule has 0 fully saturated rings. The third-order valence-electron chi connectivity index (χ3n) is 3.09. The van der Waals surface area contributed by atoms with Crippen LogP contribution in [-0.4, -0.2) is 27.2 Å². The van der Waals surface area contributed by atoms with E-state index in [9.17, 15) is 20.3 Å². The van der Waals surface area contributed by atoms with Crippen LogP contribution in [0, 0.1) is 17.0 Å². The van der Waals surface area contributed by atoms with Crippen LogP contribution in [0.15, 0.2) is 6.07 Å². The number of ether oxygens (including phenoxy) is 1. The van der Waals surface area contributed by atoms with E-state index in [4.69, 9.17) is 4.74 Å². The van der Waals surface area contributed by atoms with Crippen LogP contribution in [-0.2, 0) is 13.2 Å². The van der Waals surface area contributed by atoms with E-state index in [-0.39, 0.29) is 23.4 Å². The van der Waals surface area contributed by atoms with E-state index in [1.807, 2.05) is 0 Å². The summed E-state index contributed by atoms with van der Waals surface area (Å²) in [7, 11) is 1.36. The van der Waals surface area contributed by atoms with Crippen LogP contribution in [0.3, 0.4) is 0 Å². The van der Waals surface area contributed by atoms with Crippen LogP contribution >= 0.6 is 0 Å². The summed E-state index contributed by atoms with van der Waals surface area (Å²) in [4.78, 5) is 13.6. The Kier molecular flexibility index (Phi) is 3.41. The van der Waals surface area contributed by atoms with E-state index in [1.165, 1.54) is 7.11 Å². The normalized spacial score (nSPS) is 10.9. The van der Waals surface area contributed by atoms with Crippen LogP contribution in [0.2, 0.25) is 0 Å². The molecule has 0 aliphatic heterocycles. The van der Waals surface area contributed by atoms with Gasteiger partial charge in [0.05, 0.1) is 36.1 Å². The van der Waals surface area contributed by atoms with E-state index in [0.29, 0.717) is 22.3 Å². The average molecular weight is 266 g/mol. The second kappa shape index (κ2) is 4.87. The van der Waals surface area contributed by atoms with Crippen molar-refractivity contribution in [1.82, 2.24) is 4.98 Å². The number of nitro benzene ring substituents is 1. The first-order chi connectivity index (χ1) is 9.04. The molecule has 1 aromatic heterocycles. The number of nitrogens with one attached hydrogen (secondary N) is 1. The fourth-order valence-electron chi connectivity index (χ4n) is 2.32. The number of aliphatic hydroxyl groups is 2. The predicted molar refractivity (Wildman–Crippen MR) is 68.1 cm³/mol. The zero-order chi connectivity index (χ0) is 14.2. The Morgan fingerprint density at radius 2 is 2.11 bits per heavy atom. The molecular weight excluding hydrogens is 252 g/mol. The molecule has 0 bridgehead atoms. The SMILES string of the molecule is COc1c(C)cc2[nH]c(CO)c(CO)c2c1[N+](=O)[O-]. The Hall–Kier alpha value is -2.12. The summed E-state index contributed by atoms with van der Waals surface area (Å²) in [5, 5.41) is 30.2. The van der Waals surface area contributed by atoms with Crippen LogP contribution in [0.1, 0.15) is 16.8 Å². The van der Waals surface area contributed by atoms with Gasteiger partial charge in [-0.05, 0) is 13.0 Å². The van der Waals surface area contributed by atoms with E-state index < -0.39 is 11.5 Å². The number of nitro groups is 1. The standard InChI is InChI=1S/C12H14N2O5/c1-6-3-8-10(7(4-15)9(5-16)13-8)11(14(17)18)12(6)19-2/h3,13,15-16H,4-5H2,1-2H3. The number of methoxy groups -OCH3 is 1. The van der Waals surface area contributed by atoms with Crippen molar-refractivity contribution in [2.75, 3.05) is 7.11 Å². The van der Waals surface area contributed by atoms with Crippen molar-refractivity contribution < 1.29 is 19.9 Å². The third-order valence-corrected chi connectivity index (χ3v) is 3.09. The van der Waals surface area contributed by atoms with Gasteiger partial charge in [-0.2, -0.15) is 0 Å². The molecular formula is C12H14N2O5. The van der Waals surface area contributed by atoms with E-state index in [2.05, 4.69) is 4.98 Å². The highest BCUT2D eigenvalue weighted by Crippen LogP contribution is 2.40. The summed E-state index contributed by atoms with van der Waals surface area (Å²) in [5.74, 6) is 0.163. The number of aromatic amines is 1. The van der Waals surface area contributed by atoms with E-state index in [0.717, 1.165) is 0 Å². The minimum absolute atomic E-state index is 0.163. The Bertz CT molecular complexity index is 647. The van der Waals surface area contributed by atoms with Gasteiger partial charge < -0.3 is 19.9 Å². The number of rotatable bonds is 4. The molecule has 0 unspecified atom stereocenters. The molecule has 2 rings (SSSR count). The molecule has 0 saturated heterocycles. The molecule has 0 aliphatic rings. The van der Waals surface area contributed by atoms with Crippen molar-refractivity contribution >= 4 is 16.6 Å². The van der Waals surface area contributed by atoms with Crippen LogP contribution in [0.4, 0.5) is 5.69 Å². The average Bonchev–Trinajstić information content (AvgIpc) is 2.73. The summed E-state index contributed by atoms with van der Waals surface area (Å²) in [6.45, 7) is 0.968. The molecule has 1 aromatic carbocycles. The van der Waals surface area contributed by atoms with Crippen molar-refractivity contribution in [1.29, 1.82) is 0 Å². The van der Waals surface area contributed by atoms with Crippen LogP contribution in [0.5, 0.6) is 5.75 Å². The zero-order valence-corrected chi connectivity index (χ0v) is 10.6. The number of aromatic nitrogens is 1. The van der Waals surface area contributed by atoms with Crippen LogP contribution in [0.25, 0.3) is 10.9 Å². The summed E-state index contributed by atoms with van der Waals surface area (Å²) >= 11 is 0. The molecule has 102 valence electrons. The highest BCUT2D eigenvalue weighted by Gasteiger charge is 2.27. The minimum atomic E-state index is -0.539. The van der Waals surface area contributed by atoms with Gasteiger partial charge in [0.25, 0.3) is 0 Å². The third kappa shape index (κ3) is 1.92. The molecule has 19 heavy (non-hydrogen) atoms. The molecule has 0 amide bonds. The number of nitrogens with zero attached hydrogens (tertiary/aromatic N) is 1. The van der Waals surface area contributed by atoms with Crippen molar-refractivity contribution in [3.8, 4) is 5.75 Å². The Morgan fingerprint density at radius 1 is 1.42 bits per heavy atom. The predicted octanol–water partition coefficient (Wildman–Crippen LogP) is 1.38. The number of aryl methyl sites for hydroxylation is 1. The molecule has 0 atom stereocenters. The van der Waals surface area contributed by atoms with Gasteiger partial charge in [-0.15, -0.1) is 0 Å². The summed E-state index contributed by atoms with van der Waals surface area (Å²) in [6, 6.07) is 1.69. The van der Waals surface area contributed by atoms with Gasteiger partial charge in [0.15, 0.2) is 0 Å². The lowest BCUT2D eigenvalue weighted by molar-refractivity contribution is -0.384. The monoisotopic (exact) mass is 266 g/mol. The first kappa shape index (κ1) is 13.3. The largest absolute Gasteiger partial charge is 0.490 e. The molecule has 0 spiro atoms. The second-order valence-corrected chi connectivity index (χ2v) is 4.15. The van der Waals surface area contributed by atoms with Gasteiger partial charge in [-0.25, -0.2) is 0 Å². The maximum atomic E-state index is 11.3. The van der Waals surface area contributed by atoms with Gasteiger partial charge in [0.2, 0.25) is 5.75 Å². The number of aliphatic hydroxyl groups excluding tert-OH is 2. The van der Waals surface area contributed by atoms with Gasteiger partial charge in [0, 0.05) is 16.8 Å². The number of hydrogen-bond acceptors (Lipinski definition) is 5. The lowest BCUT2D eigenvalue weighted by atomic mass is 10.1. The molecule has 7 heteroatoms. The van der Waals surface area contributed by atoms with Crippen molar-refractivity contribution in [3.05, 3.63) is 33.0 Å². The van der Waals surface area contributed by atoms with Crippen molar-refractivity contribution in [3.63, 3.8) is 0 Å². The zero-order valence-electron chi connectivity index (χ0n) is 10.6. The summed E-state index contributed by atoms with van der Waals surface area (Å²) < 4.78 is 5.09. The number of hydrogen-bond donors (Lipinski definition) is 3. The van der Waals surface area contributed by atoms with Gasteiger partial charge in [-0.3, -0.25) is 10.1 Å². The van der Waals surface area contributed by atoms with Gasteiger partial charge in [-0.1, -0.05) is 0 Å². The number of fused-ring (bicyclic) bond motifs is 1. The molecule has 2 aromatic rings. The smallest absolute Gasteiger partial charge is 0.320 e. The van der Waals surface area contributed by atoms with Crippen molar-refractivity contribution in [2.45, 2.75) is 20.1 Å². The molecule has 0 aliphatic carbocycles. The topological polar surface area (TPSA) is 109 Å². The Labute approximate surface area is 108 Å². The molecule has 0 radical (unpaired) electrons. The quantitative estimate of drug-likeness (QED) is 0.572. The lowest BCUT2D eigenvalue weighted by Gasteiger charge is -2.07. The van der Waals surface area contributed by atoms with Crippen LogP contribution < -0.4 is 4.74 Å². The molecule has 0 saturated carbocycles.